The Kier molecular flexibility index (Phi) is 6.18. The highest BCUT2D eigenvalue weighted by Gasteiger charge is 2.40. The molecule has 0 unspecified atom stereocenters. The number of benzene rings is 3. The van der Waals surface area contributed by atoms with Crippen LogP contribution in [0.25, 0.3) is 0 Å². The average molecular weight is 438 g/mol. The van der Waals surface area contributed by atoms with Gasteiger partial charge in [-0.2, -0.15) is 5.10 Å². The van der Waals surface area contributed by atoms with Gasteiger partial charge in [0, 0.05) is 22.2 Å². The molecule has 1 saturated heterocycles. The molecule has 1 fully saturated rings. The summed E-state index contributed by atoms with van der Waals surface area (Å²) in [6.45, 7) is 2.77. The number of halogens is 2. The summed E-state index contributed by atoms with van der Waals surface area (Å²) in [7, 11) is 0. The van der Waals surface area contributed by atoms with E-state index in [9.17, 15) is 4.79 Å². The topological polar surface area (TPSA) is 35.9 Å². The Morgan fingerprint density at radius 3 is 2.33 bits per heavy atom. The van der Waals surface area contributed by atoms with E-state index in [0.29, 0.717) is 16.6 Å². The van der Waals surface area contributed by atoms with Crippen LogP contribution >= 0.6 is 23.2 Å². The smallest absolute Gasteiger partial charge is 0.258 e. The van der Waals surface area contributed by atoms with Crippen LogP contribution < -0.4 is 0 Å². The van der Waals surface area contributed by atoms with Crippen molar-refractivity contribution >= 4 is 34.8 Å². The highest BCUT2D eigenvalue weighted by molar-refractivity contribution is 6.31. The minimum Gasteiger partial charge on any atom is -0.271 e. The van der Waals surface area contributed by atoms with Crippen molar-refractivity contribution in [2.45, 2.75) is 19.6 Å². The molecule has 30 heavy (non-hydrogen) atoms. The zero-order chi connectivity index (χ0) is 21.1. The maximum atomic E-state index is 13.0. The quantitative estimate of drug-likeness (QED) is 0.475. The molecule has 3 aromatic rings. The molecular formula is C24H21Cl2N3O. The van der Waals surface area contributed by atoms with E-state index in [1.807, 2.05) is 73.7 Å². The Labute approximate surface area is 186 Å². The first-order chi connectivity index (χ1) is 14.5. The maximum absolute atomic E-state index is 13.0. The van der Waals surface area contributed by atoms with Crippen molar-refractivity contribution in [3.63, 3.8) is 0 Å². The second-order valence-corrected chi connectivity index (χ2v) is 8.06. The van der Waals surface area contributed by atoms with E-state index in [2.05, 4.69) is 17.0 Å². The van der Waals surface area contributed by atoms with E-state index in [4.69, 9.17) is 28.3 Å². The summed E-state index contributed by atoms with van der Waals surface area (Å²) in [5, 5.41) is 7.52. The van der Waals surface area contributed by atoms with Crippen LogP contribution in [0.4, 0.5) is 0 Å². The second-order valence-electron chi connectivity index (χ2n) is 7.22. The number of hydrazone groups is 1. The van der Waals surface area contributed by atoms with E-state index in [0.717, 1.165) is 22.4 Å². The molecule has 6 heteroatoms. The van der Waals surface area contributed by atoms with Crippen molar-refractivity contribution in [2.24, 2.45) is 5.10 Å². The number of hydrogen-bond donors (Lipinski definition) is 0. The highest BCUT2D eigenvalue weighted by Crippen LogP contribution is 2.36. The Hall–Kier alpha value is -2.66. The molecule has 1 heterocycles. The van der Waals surface area contributed by atoms with Crippen molar-refractivity contribution in [1.29, 1.82) is 0 Å². The minimum absolute atomic E-state index is 0.0656. The Bertz CT molecular complexity index is 1070. The molecule has 0 aliphatic carbocycles. The lowest BCUT2D eigenvalue weighted by atomic mass is 10.1. The lowest BCUT2D eigenvalue weighted by Gasteiger charge is -2.28. The molecule has 3 aromatic carbocycles. The number of nitrogens with zero attached hydrogens (tertiary/aromatic N) is 3. The summed E-state index contributed by atoms with van der Waals surface area (Å²) < 4.78 is 0. The third-order valence-electron chi connectivity index (χ3n) is 5.10. The fourth-order valence-electron chi connectivity index (χ4n) is 3.62. The number of carbonyl (C=O) groups is 1. The molecule has 0 saturated carbocycles. The van der Waals surface area contributed by atoms with Crippen LogP contribution in [0.1, 0.15) is 29.8 Å². The van der Waals surface area contributed by atoms with Crippen LogP contribution in [0, 0.1) is 0 Å². The van der Waals surface area contributed by atoms with Gasteiger partial charge in [0.05, 0.1) is 12.3 Å². The van der Waals surface area contributed by atoms with Crippen molar-refractivity contribution in [1.82, 2.24) is 9.91 Å². The largest absolute Gasteiger partial charge is 0.271 e. The van der Waals surface area contributed by atoms with Crippen molar-refractivity contribution in [3.05, 3.63) is 106 Å². The Morgan fingerprint density at radius 2 is 1.63 bits per heavy atom. The van der Waals surface area contributed by atoms with Gasteiger partial charge in [0.2, 0.25) is 0 Å². The molecule has 1 amide bonds. The Balaban J connectivity index is 1.72. The van der Waals surface area contributed by atoms with Crippen LogP contribution in [0.3, 0.4) is 0 Å². The molecule has 0 aromatic heterocycles. The minimum atomic E-state index is -0.381. The van der Waals surface area contributed by atoms with Gasteiger partial charge >= 0.3 is 0 Å². The van der Waals surface area contributed by atoms with E-state index < -0.39 is 0 Å². The number of amides is 1. The monoisotopic (exact) mass is 437 g/mol. The van der Waals surface area contributed by atoms with Crippen molar-refractivity contribution in [3.8, 4) is 0 Å². The van der Waals surface area contributed by atoms with E-state index in [1.54, 1.807) is 5.01 Å². The van der Waals surface area contributed by atoms with Gasteiger partial charge < -0.3 is 0 Å². The molecule has 4 rings (SSSR count). The van der Waals surface area contributed by atoms with Crippen molar-refractivity contribution < 1.29 is 4.79 Å². The van der Waals surface area contributed by atoms with Crippen LogP contribution in [0.2, 0.25) is 10.0 Å². The third kappa shape index (κ3) is 4.41. The molecule has 152 valence electrons. The molecule has 1 aliphatic rings. The van der Waals surface area contributed by atoms with E-state index >= 15 is 0 Å². The third-order valence-corrected chi connectivity index (χ3v) is 5.70. The molecular weight excluding hydrogens is 417 g/mol. The van der Waals surface area contributed by atoms with E-state index in [-0.39, 0.29) is 18.6 Å². The van der Waals surface area contributed by atoms with Crippen LogP contribution in [0.15, 0.2) is 84.0 Å². The van der Waals surface area contributed by atoms with Crippen LogP contribution in [-0.4, -0.2) is 28.1 Å². The van der Waals surface area contributed by atoms with Crippen LogP contribution in [-0.2, 0) is 11.3 Å². The highest BCUT2D eigenvalue weighted by atomic mass is 35.5. The van der Waals surface area contributed by atoms with E-state index in [1.165, 1.54) is 0 Å². The summed E-state index contributed by atoms with van der Waals surface area (Å²) in [6, 6.07) is 25.1. The predicted molar refractivity (Wildman–Crippen MR) is 122 cm³/mol. The predicted octanol–water partition coefficient (Wildman–Crippen LogP) is 5.76. The van der Waals surface area contributed by atoms with Gasteiger partial charge in [-0.15, -0.1) is 0 Å². The van der Waals surface area contributed by atoms with Gasteiger partial charge in [-0.05, 0) is 36.2 Å². The second kappa shape index (κ2) is 9.00. The van der Waals surface area contributed by atoms with Gasteiger partial charge in [0.15, 0.2) is 0 Å². The summed E-state index contributed by atoms with van der Waals surface area (Å²) >= 11 is 12.5. The number of hydrogen-bond acceptors (Lipinski definition) is 3. The van der Waals surface area contributed by atoms with Gasteiger partial charge in [0.25, 0.3) is 5.91 Å². The summed E-state index contributed by atoms with van der Waals surface area (Å²) in [5.74, 6) is -0.0656. The molecule has 0 spiro atoms. The van der Waals surface area contributed by atoms with Gasteiger partial charge in [-0.1, -0.05) is 83.9 Å². The lowest BCUT2D eigenvalue weighted by Crippen LogP contribution is -2.29. The number of rotatable bonds is 5. The molecule has 4 nitrogen and oxygen atoms in total. The molecule has 1 aliphatic heterocycles. The first-order valence-corrected chi connectivity index (χ1v) is 10.4. The summed E-state index contributed by atoms with van der Waals surface area (Å²) in [6.07, 6.45) is -0.381. The van der Waals surface area contributed by atoms with Gasteiger partial charge in [0.1, 0.15) is 6.17 Å². The summed E-state index contributed by atoms with van der Waals surface area (Å²) in [4.78, 5) is 15.1. The SMILES string of the molecule is C/C(=N/N1C(=O)CN(Cc2ccccc2)[C@@H]1c1ccccc1Cl)c1ccc(Cl)cc1. The molecule has 0 radical (unpaired) electrons. The zero-order valence-electron chi connectivity index (χ0n) is 16.5. The standard InChI is InChI=1S/C24H21Cl2N3O/c1-17(19-11-13-20(25)14-12-19)27-29-23(30)16-28(15-18-7-3-2-4-8-18)24(29)21-9-5-6-10-22(21)26/h2-14,24H,15-16H2,1H3/b27-17-/t24-/m0/s1. The normalized spacial score (nSPS) is 17.6. The first-order valence-electron chi connectivity index (χ1n) is 9.68. The average Bonchev–Trinajstić information content (AvgIpc) is 3.04. The van der Waals surface area contributed by atoms with Gasteiger partial charge in [-0.25, -0.2) is 5.01 Å². The molecule has 0 N–H and O–H groups in total. The van der Waals surface area contributed by atoms with Crippen molar-refractivity contribution in [2.75, 3.05) is 6.54 Å². The van der Waals surface area contributed by atoms with Gasteiger partial charge in [-0.3, -0.25) is 9.69 Å². The fourth-order valence-corrected chi connectivity index (χ4v) is 3.98. The summed E-state index contributed by atoms with van der Waals surface area (Å²) in [5.41, 5.74) is 3.63. The molecule has 1 atom stereocenters. The maximum Gasteiger partial charge on any atom is 0.258 e. The van der Waals surface area contributed by atoms with Crippen LogP contribution in [0.5, 0.6) is 0 Å². The molecule has 0 bridgehead atoms. The fraction of sp³-hybridized carbons (Fsp3) is 0.167. The first kappa shape index (κ1) is 20.6. The zero-order valence-corrected chi connectivity index (χ0v) is 18.0. The number of carbonyl (C=O) groups excluding carboxylic acids is 1. The lowest BCUT2D eigenvalue weighted by molar-refractivity contribution is -0.128. The Morgan fingerprint density at radius 1 is 0.967 bits per heavy atom.